The number of hydrogen-bond acceptors (Lipinski definition) is 3. The number of piperazine rings is 1. The van der Waals surface area contributed by atoms with Crippen molar-refractivity contribution in [1.82, 2.24) is 14.8 Å². The fourth-order valence-corrected chi connectivity index (χ4v) is 4.74. The monoisotopic (exact) mass is 475 g/mol. The summed E-state index contributed by atoms with van der Waals surface area (Å²) in [5.74, 6) is 0.571. The van der Waals surface area contributed by atoms with Crippen LogP contribution in [0.2, 0.25) is 0 Å². The van der Waals surface area contributed by atoms with Crippen molar-refractivity contribution in [3.8, 4) is 11.3 Å². The van der Waals surface area contributed by atoms with E-state index in [1.54, 1.807) is 0 Å². The third kappa shape index (κ3) is 5.39. The SMILES string of the molecule is CC(C)c1ccc(-c2cc(C(=O)N3CCN(C/C=C/c4ccccc4)CC3)c3ccccc3n2)cc1. The number of pyridine rings is 1. The Morgan fingerprint density at radius 3 is 2.31 bits per heavy atom. The Labute approximate surface area is 213 Å². The Bertz CT molecular complexity index is 1350. The standard InChI is InChI=1S/C32H33N3O/c1-24(2)26-14-16-27(17-15-26)31-23-29(28-12-6-7-13-30(28)33-31)32(36)35-21-19-34(20-22-35)18-8-11-25-9-4-3-5-10-25/h3-17,23-24H,18-22H2,1-2H3/b11-8+. The summed E-state index contributed by atoms with van der Waals surface area (Å²) in [6.45, 7) is 8.49. The number of hydrogen-bond donors (Lipinski definition) is 0. The van der Waals surface area contributed by atoms with Gasteiger partial charge in [-0.3, -0.25) is 9.69 Å². The van der Waals surface area contributed by atoms with Gasteiger partial charge >= 0.3 is 0 Å². The molecule has 4 aromatic rings. The topological polar surface area (TPSA) is 36.4 Å². The molecule has 1 saturated heterocycles. The number of rotatable bonds is 6. The Morgan fingerprint density at radius 2 is 1.58 bits per heavy atom. The van der Waals surface area contributed by atoms with Crippen LogP contribution in [0.3, 0.4) is 0 Å². The average Bonchev–Trinajstić information content (AvgIpc) is 2.93. The fourth-order valence-electron chi connectivity index (χ4n) is 4.74. The van der Waals surface area contributed by atoms with Crippen molar-refractivity contribution in [2.24, 2.45) is 0 Å². The number of carbonyl (C=O) groups excluding carboxylic acids is 1. The molecule has 0 bridgehead atoms. The summed E-state index contributed by atoms with van der Waals surface area (Å²) in [5.41, 5.74) is 5.99. The average molecular weight is 476 g/mol. The van der Waals surface area contributed by atoms with Gasteiger partial charge in [0.05, 0.1) is 16.8 Å². The van der Waals surface area contributed by atoms with Gasteiger partial charge in [0.25, 0.3) is 5.91 Å². The van der Waals surface area contributed by atoms with Gasteiger partial charge in [-0.15, -0.1) is 0 Å². The number of aromatic nitrogens is 1. The molecular formula is C32H33N3O. The molecular weight excluding hydrogens is 442 g/mol. The van der Waals surface area contributed by atoms with Gasteiger partial charge in [-0.2, -0.15) is 0 Å². The lowest BCUT2D eigenvalue weighted by atomic mass is 9.99. The van der Waals surface area contributed by atoms with Crippen LogP contribution in [-0.2, 0) is 0 Å². The lowest BCUT2D eigenvalue weighted by molar-refractivity contribution is 0.0652. The van der Waals surface area contributed by atoms with Crippen molar-refractivity contribution in [3.63, 3.8) is 0 Å². The van der Waals surface area contributed by atoms with Crippen molar-refractivity contribution in [1.29, 1.82) is 0 Å². The maximum absolute atomic E-state index is 13.7. The molecule has 0 radical (unpaired) electrons. The van der Waals surface area contributed by atoms with Crippen LogP contribution in [-0.4, -0.2) is 53.4 Å². The first-order chi connectivity index (χ1) is 17.6. The summed E-state index contributed by atoms with van der Waals surface area (Å²) in [7, 11) is 0. The van der Waals surface area contributed by atoms with Gasteiger partial charge in [-0.1, -0.05) is 98.8 Å². The molecule has 1 aromatic heterocycles. The van der Waals surface area contributed by atoms with Crippen molar-refractivity contribution >= 4 is 22.9 Å². The Morgan fingerprint density at radius 1 is 0.889 bits per heavy atom. The third-order valence-corrected chi connectivity index (χ3v) is 6.95. The van der Waals surface area contributed by atoms with Crippen molar-refractivity contribution in [3.05, 3.63) is 108 Å². The zero-order valence-electron chi connectivity index (χ0n) is 21.1. The summed E-state index contributed by atoms with van der Waals surface area (Å²) in [6, 6.07) is 28.8. The first-order valence-electron chi connectivity index (χ1n) is 12.8. The lowest BCUT2D eigenvalue weighted by Gasteiger charge is -2.34. The number of amides is 1. The highest BCUT2D eigenvalue weighted by atomic mass is 16.2. The summed E-state index contributed by atoms with van der Waals surface area (Å²) < 4.78 is 0. The van der Waals surface area contributed by atoms with Gasteiger partial charge in [-0.25, -0.2) is 4.98 Å². The summed E-state index contributed by atoms with van der Waals surface area (Å²) in [6.07, 6.45) is 4.37. The second-order valence-corrected chi connectivity index (χ2v) is 9.75. The van der Waals surface area contributed by atoms with Crippen LogP contribution < -0.4 is 0 Å². The molecule has 3 aromatic carbocycles. The zero-order chi connectivity index (χ0) is 24.9. The first kappa shape index (κ1) is 24.0. The number of nitrogens with zero attached hydrogens (tertiary/aromatic N) is 3. The predicted octanol–water partition coefficient (Wildman–Crippen LogP) is 6.50. The predicted molar refractivity (Wildman–Crippen MR) is 149 cm³/mol. The molecule has 0 aliphatic carbocycles. The maximum Gasteiger partial charge on any atom is 0.254 e. The normalized spacial score (nSPS) is 14.7. The lowest BCUT2D eigenvalue weighted by Crippen LogP contribution is -2.48. The van der Waals surface area contributed by atoms with E-state index in [1.165, 1.54) is 11.1 Å². The Balaban J connectivity index is 1.32. The summed E-state index contributed by atoms with van der Waals surface area (Å²) in [4.78, 5) is 23.0. The molecule has 0 saturated carbocycles. The second kappa shape index (κ2) is 10.9. The highest BCUT2D eigenvalue weighted by molar-refractivity contribution is 6.07. The minimum absolute atomic E-state index is 0.0909. The van der Waals surface area contributed by atoms with E-state index in [1.807, 2.05) is 41.3 Å². The van der Waals surface area contributed by atoms with E-state index in [0.717, 1.165) is 60.4 Å². The number of fused-ring (bicyclic) bond motifs is 1. The van der Waals surface area contributed by atoms with E-state index in [-0.39, 0.29) is 5.91 Å². The van der Waals surface area contributed by atoms with Crippen LogP contribution in [0.15, 0.2) is 91.0 Å². The van der Waals surface area contributed by atoms with Gasteiger partial charge in [0.1, 0.15) is 0 Å². The molecule has 1 aliphatic heterocycles. The fraction of sp³-hybridized carbons (Fsp3) is 0.250. The molecule has 0 spiro atoms. The maximum atomic E-state index is 13.7. The second-order valence-electron chi connectivity index (χ2n) is 9.75. The van der Waals surface area contributed by atoms with Crippen LogP contribution >= 0.6 is 0 Å². The van der Waals surface area contributed by atoms with E-state index in [4.69, 9.17) is 4.98 Å². The number of carbonyl (C=O) groups is 1. The smallest absolute Gasteiger partial charge is 0.254 e. The van der Waals surface area contributed by atoms with Gasteiger partial charge < -0.3 is 4.90 Å². The van der Waals surface area contributed by atoms with Gasteiger partial charge in [0.15, 0.2) is 0 Å². The van der Waals surface area contributed by atoms with Crippen LogP contribution in [0.1, 0.15) is 41.3 Å². The van der Waals surface area contributed by atoms with E-state index in [0.29, 0.717) is 5.92 Å². The number of benzene rings is 3. The molecule has 0 unspecified atom stereocenters. The molecule has 2 heterocycles. The van der Waals surface area contributed by atoms with E-state index in [2.05, 4.69) is 79.4 Å². The van der Waals surface area contributed by atoms with E-state index in [9.17, 15) is 4.79 Å². The quantitative estimate of drug-likeness (QED) is 0.320. The molecule has 36 heavy (non-hydrogen) atoms. The largest absolute Gasteiger partial charge is 0.336 e. The van der Waals surface area contributed by atoms with Crippen LogP contribution in [0.5, 0.6) is 0 Å². The summed E-state index contributed by atoms with van der Waals surface area (Å²) >= 11 is 0. The molecule has 1 fully saturated rings. The molecule has 0 N–H and O–H groups in total. The number of para-hydroxylation sites is 1. The van der Waals surface area contributed by atoms with Gasteiger partial charge in [0.2, 0.25) is 0 Å². The van der Waals surface area contributed by atoms with E-state index < -0.39 is 0 Å². The summed E-state index contributed by atoms with van der Waals surface area (Å²) in [5, 5.41) is 0.915. The van der Waals surface area contributed by atoms with Crippen LogP contribution in [0.25, 0.3) is 28.2 Å². The molecule has 1 amide bonds. The van der Waals surface area contributed by atoms with Gasteiger partial charge in [0, 0.05) is 43.7 Å². The van der Waals surface area contributed by atoms with E-state index >= 15 is 0 Å². The van der Waals surface area contributed by atoms with Gasteiger partial charge in [-0.05, 0) is 29.2 Å². The highest BCUT2D eigenvalue weighted by Crippen LogP contribution is 2.27. The Kier molecular flexibility index (Phi) is 7.24. The third-order valence-electron chi connectivity index (χ3n) is 6.95. The first-order valence-corrected chi connectivity index (χ1v) is 12.8. The Hall–Kier alpha value is -3.76. The molecule has 182 valence electrons. The highest BCUT2D eigenvalue weighted by Gasteiger charge is 2.24. The molecule has 5 rings (SSSR count). The minimum atomic E-state index is 0.0909. The molecule has 4 heteroatoms. The molecule has 4 nitrogen and oxygen atoms in total. The van der Waals surface area contributed by atoms with Crippen LogP contribution in [0.4, 0.5) is 0 Å². The van der Waals surface area contributed by atoms with Crippen molar-refractivity contribution in [2.75, 3.05) is 32.7 Å². The van der Waals surface area contributed by atoms with Crippen molar-refractivity contribution in [2.45, 2.75) is 19.8 Å². The van der Waals surface area contributed by atoms with Crippen molar-refractivity contribution < 1.29 is 4.79 Å². The zero-order valence-corrected chi connectivity index (χ0v) is 21.1. The van der Waals surface area contributed by atoms with Crippen LogP contribution in [0, 0.1) is 0 Å². The minimum Gasteiger partial charge on any atom is -0.336 e. The molecule has 1 aliphatic rings. The molecule has 0 atom stereocenters.